The van der Waals surface area contributed by atoms with Gasteiger partial charge in [-0.05, 0) is 32.4 Å². The quantitative estimate of drug-likeness (QED) is 0.243. The second kappa shape index (κ2) is 13.3. The fraction of sp³-hybridized carbons (Fsp3) is 0.778. The SMILES string of the molecule is CCNC(=NCC(C)CN1CCN(C)CC1)NCCCn1cccn1.I. The van der Waals surface area contributed by atoms with Crippen LogP contribution in [0.3, 0.4) is 0 Å². The smallest absolute Gasteiger partial charge is 0.191 e. The van der Waals surface area contributed by atoms with Gasteiger partial charge in [-0.1, -0.05) is 6.92 Å². The fourth-order valence-electron chi connectivity index (χ4n) is 3.00. The van der Waals surface area contributed by atoms with Crippen molar-refractivity contribution in [3.8, 4) is 0 Å². The first kappa shape index (κ1) is 23.2. The molecule has 8 heteroatoms. The zero-order valence-corrected chi connectivity index (χ0v) is 18.9. The van der Waals surface area contributed by atoms with Crippen LogP contribution in [0.2, 0.25) is 0 Å². The highest BCUT2D eigenvalue weighted by Crippen LogP contribution is 2.05. The van der Waals surface area contributed by atoms with Crippen LogP contribution in [0.4, 0.5) is 0 Å². The molecule has 0 amide bonds. The van der Waals surface area contributed by atoms with E-state index < -0.39 is 0 Å². The molecule has 1 aliphatic heterocycles. The third-order valence-electron chi connectivity index (χ3n) is 4.49. The second-order valence-corrected chi connectivity index (χ2v) is 6.98. The predicted octanol–water partition coefficient (Wildman–Crippen LogP) is 1.33. The van der Waals surface area contributed by atoms with E-state index in [1.165, 1.54) is 26.2 Å². The van der Waals surface area contributed by atoms with Gasteiger partial charge in [0.2, 0.25) is 0 Å². The standard InChI is InChI=1S/C18H35N7.HI/c1-4-19-18(20-7-5-9-25-10-6-8-22-25)21-15-17(2)16-24-13-11-23(3)12-14-24;/h6,8,10,17H,4-5,7,9,11-16H2,1-3H3,(H2,19,20,21);1H. The summed E-state index contributed by atoms with van der Waals surface area (Å²) >= 11 is 0. The van der Waals surface area contributed by atoms with Gasteiger partial charge in [0.05, 0.1) is 0 Å². The lowest BCUT2D eigenvalue weighted by Crippen LogP contribution is -2.46. The Hall–Kier alpha value is -0.870. The molecule has 1 unspecified atom stereocenters. The lowest BCUT2D eigenvalue weighted by molar-refractivity contribution is 0.140. The Morgan fingerprint density at radius 1 is 1.23 bits per heavy atom. The molecule has 1 aromatic rings. The average molecular weight is 477 g/mol. The maximum absolute atomic E-state index is 4.76. The van der Waals surface area contributed by atoms with Crippen molar-refractivity contribution in [3.63, 3.8) is 0 Å². The third kappa shape index (κ3) is 9.18. The molecule has 26 heavy (non-hydrogen) atoms. The van der Waals surface area contributed by atoms with E-state index in [2.05, 4.69) is 46.4 Å². The Morgan fingerprint density at radius 3 is 2.65 bits per heavy atom. The van der Waals surface area contributed by atoms with Gasteiger partial charge in [0.1, 0.15) is 0 Å². The van der Waals surface area contributed by atoms with Crippen LogP contribution in [-0.4, -0.2) is 84.9 Å². The number of hydrogen-bond donors (Lipinski definition) is 2. The Kier molecular flexibility index (Phi) is 11.9. The summed E-state index contributed by atoms with van der Waals surface area (Å²) in [5, 5.41) is 11.0. The van der Waals surface area contributed by atoms with E-state index in [4.69, 9.17) is 4.99 Å². The van der Waals surface area contributed by atoms with Gasteiger partial charge < -0.3 is 20.4 Å². The monoisotopic (exact) mass is 477 g/mol. The Bertz CT molecular complexity index is 484. The number of aliphatic imine (C=N–C) groups is 1. The van der Waals surface area contributed by atoms with E-state index in [9.17, 15) is 0 Å². The van der Waals surface area contributed by atoms with Crippen molar-refractivity contribution >= 4 is 29.9 Å². The number of halogens is 1. The maximum Gasteiger partial charge on any atom is 0.191 e. The third-order valence-corrected chi connectivity index (χ3v) is 4.49. The molecule has 150 valence electrons. The summed E-state index contributed by atoms with van der Waals surface area (Å²) in [6.07, 6.45) is 4.85. The van der Waals surface area contributed by atoms with Crippen LogP contribution in [0.25, 0.3) is 0 Å². The summed E-state index contributed by atoms with van der Waals surface area (Å²) < 4.78 is 1.96. The number of rotatable bonds is 9. The van der Waals surface area contributed by atoms with Crippen LogP contribution < -0.4 is 10.6 Å². The van der Waals surface area contributed by atoms with Gasteiger partial charge in [-0.3, -0.25) is 9.67 Å². The molecule has 1 atom stereocenters. The molecule has 1 aliphatic rings. The molecule has 0 saturated carbocycles. The maximum atomic E-state index is 4.76. The van der Waals surface area contributed by atoms with Crippen molar-refractivity contribution in [2.24, 2.45) is 10.9 Å². The van der Waals surface area contributed by atoms with Gasteiger partial charge in [0.25, 0.3) is 0 Å². The van der Waals surface area contributed by atoms with Gasteiger partial charge in [-0.25, -0.2) is 0 Å². The number of nitrogens with zero attached hydrogens (tertiary/aromatic N) is 5. The first-order chi connectivity index (χ1) is 12.2. The highest BCUT2D eigenvalue weighted by Gasteiger charge is 2.15. The van der Waals surface area contributed by atoms with Gasteiger partial charge in [0, 0.05) is 71.3 Å². The number of aryl methyl sites for hydroxylation is 1. The lowest BCUT2D eigenvalue weighted by Gasteiger charge is -2.33. The van der Waals surface area contributed by atoms with Crippen molar-refractivity contribution in [2.75, 3.05) is 59.4 Å². The van der Waals surface area contributed by atoms with Crippen LogP contribution in [0.15, 0.2) is 23.5 Å². The largest absolute Gasteiger partial charge is 0.357 e. The van der Waals surface area contributed by atoms with Crippen molar-refractivity contribution < 1.29 is 0 Å². The van der Waals surface area contributed by atoms with Crippen molar-refractivity contribution in [3.05, 3.63) is 18.5 Å². The molecule has 0 radical (unpaired) electrons. The number of hydrogen-bond acceptors (Lipinski definition) is 4. The zero-order valence-electron chi connectivity index (χ0n) is 16.5. The molecule has 1 aromatic heterocycles. The van der Waals surface area contributed by atoms with Crippen LogP contribution >= 0.6 is 24.0 Å². The topological polar surface area (TPSA) is 60.7 Å². The summed E-state index contributed by atoms with van der Waals surface area (Å²) in [5.41, 5.74) is 0. The van der Waals surface area contributed by atoms with Crippen LogP contribution in [0.5, 0.6) is 0 Å². The zero-order chi connectivity index (χ0) is 17.9. The van der Waals surface area contributed by atoms with Crippen LogP contribution in [-0.2, 0) is 6.54 Å². The van der Waals surface area contributed by atoms with Gasteiger partial charge in [-0.2, -0.15) is 5.10 Å². The predicted molar refractivity (Wildman–Crippen MR) is 119 cm³/mol. The van der Waals surface area contributed by atoms with Crippen molar-refractivity contribution in [1.29, 1.82) is 0 Å². The summed E-state index contributed by atoms with van der Waals surface area (Å²) in [6.45, 7) is 13.8. The van der Waals surface area contributed by atoms with E-state index in [0.717, 1.165) is 45.1 Å². The molecule has 1 saturated heterocycles. The van der Waals surface area contributed by atoms with E-state index in [-0.39, 0.29) is 24.0 Å². The normalized spacial score (nSPS) is 17.6. The van der Waals surface area contributed by atoms with Crippen LogP contribution in [0.1, 0.15) is 20.3 Å². The number of likely N-dealkylation sites (N-methyl/N-ethyl adjacent to an activating group) is 1. The van der Waals surface area contributed by atoms with Gasteiger partial charge in [0.15, 0.2) is 5.96 Å². The molecule has 0 aliphatic carbocycles. The minimum Gasteiger partial charge on any atom is -0.357 e. The molecule has 1 fully saturated rings. The number of guanidine groups is 1. The Labute approximate surface area is 175 Å². The average Bonchev–Trinajstić information content (AvgIpc) is 3.12. The van der Waals surface area contributed by atoms with E-state index in [0.29, 0.717) is 5.92 Å². The molecule has 2 rings (SSSR count). The van der Waals surface area contributed by atoms with E-state index in [1.54, 1.807) is 0 Å². The number of aromatic nitrogens is 2. The molecule has 0 spiro atoms. The summed E-state index contributed by atoms with van der Waals surface area (Å²) in [6, 6.07) is 1.96. The van der Waals surface area contributed by atoms with E-state index in [1.807, 2.05) is 23.1 Å². The van der Waals surface area contributed by atoms with Crippen molar-refractivity contribution in [1.82, 2.24) is 30.2 Å². The molecule has 0 aromatic carbocycles. The molecule has 7 nitrogen and oxygen atoms in total. The number of nitrogens with one attached hydrogen (secondary N) is 2. The van der Waals surface area contributed by atoms with Gasteiger partial charge in [-0.15, -0.1) is 24.0 Å². The van der Waals surface area contributed by atoms with E-state index >= 15 is 0 Å². The lowest BCUT2D eigenvalue weighted by atomic mass is 10.1. The fourth-order valence-corrected chi connectivity index (χ4v) is 3.00. The van der Waals surface area contributed by atoms with Crippen molar-refractivity contribution in [2.45, 2.75) is 26.8 Å². The Morgan fingerprint density at radius 2 is 2.00 bits per heavy atom. The summed E-state index contributed by atoms with van der Waals surface area (Å²) in [7, 11) is 2.20. The first-order valence-electron chi connectivity index (χ1n) is 9.58. The summed E-state index contributed by atoms with van der Waals surface area (Å²) in [4.78, 5) is 9.72. The molecular weight excluding hydrogens is 441 g/mol. The minimum absolute atomic E-state index is 0. The second-order valence-electron chi connectivity index (χ2n) is 6.98. The molecular formula is C18H36IN7. The molecule has 2 heterocycles. The van der Waals surface area contributed by atoms with Crippen LogP contribution in [0, 0.1) is 5.92 Å². The molecule has 2 N–H and O–H groups in total. The highest BCUT2D eigenvalue weighted by atomic mass is 127. The minimum atomic E-state index is 0. The number of piperazine rings is 1. The highest BCUT2D eigenvalue weighted by molar-refractivity contribution is 14.0. The molecule has 0 bridgehead atoms. The van der Waals surface area contributed by atoms with Gasteiger partial charge >= 0.3 is 0 Å². The Balaban J connectivity index is 0.00000338. The summed E-state index contributed by atoms with van der Waals surface area (Å²) in [5.74, 6) is 1.50. The first-order valence-corrected chi connectivity index (χ1v) is 9.58.